The lowest BCUT2D eigenvalue weighted by molar-refractivity contribution is -0.372. The zero-order valence-electron chi connectivity index (χ0n) is 21.0. The van der Waals surface area contributed by atoms with Crippen LogP contribution in [0, 0.1) is 0 Å². The third kappa shape index (κ3) is 4.43. The fourth-order valence-corrected chi connectivity index (χ4v) is 5.88. The Morgan fingerprint density at radius 1 is 1.09 bits per heavy atom. The summed E-state index contributed by atoms with van der Waals surface area (Å²) in [4.78, 5) is 17.6. The number of rotatable bonds is 7. The van der Waals surface area contributed by atoms with Crippen molar-refractivity contribution in [1.82, 2.24) is 9.80 Å². The van der Waals surface area contributed by atoms with Crippen molar-refractivity contribution in [2.45, 2.75) is 65.0 Å². The van der Waals surface area contributed by atoms with E-state index in [0.717, 1.165) is 51.9 Å². The normalized spacial score (nSPS) is 23.9. The van der Waals surface area contributed by atoms with Crippen molar-refractivity contribution in [2.75, 3.05) is 26.2 Å². The van der Waals surface area contributed by atoms with Crippen LogP contribution in [0.1, 0.15) is 57.6 Å². The molecule has 4 aliphatic rings. The third-order valence-electron chi connectivity index (χ3n) is 7.94. The molecule has 3 heterocycles. The van der Waals surface area contributed by atoms with Gasteiger partial charge >= 0.3 is 0 Å². The van der Waals surface area contributed by atoms with Gasteiger partial charge in [-0.05, 0) is 55.5 Å². The van der Waals surface area contributed by atoms with Crippen LogP contribution in [0.3, 0.4) is 0 Å². The first kappa shape index (κ1) is 22.9. The number of hydrogen-bond acceptors (Lipinski definition) is 2. The lowest BCUT2D eigenvalue weighted by Gasteiger charge is -2.37. The molecule has 0 aromatic heterocycles. The van der Waals surface area contributed by atoms with Crippen molar-refractivity contribution in [3.8, 4) is 0 Å². The summed E-state index contributed by atoms with van der Waals surface area (Å²) in [5.41, 5.74) is 8.34. The highest BCUT2D eigenvalue weighted by atomic mass is 16.2. The number of benzene rings is 1. The van der Waals surface area contributed by atoms with E-state index in [4.69, 9.17) is 0 Å². The summed E-state index contributed by atoms with van der Waals surface area (Å²) in [6, 6.07) is 9.95. The molecule has 0 spiro atoms. The molecule has 2 fully saturated rings. The van der Waals surface area contributed by atoms with Crippen molar-refractivity contribution in [1.29, 1.82) is 0 Å². The number of fused-ring (bicyclic) bond motifs is 1. The molecule has 5 rings (SSSR count). The molecule has 0 bridgehead atoms. The number of aryl methyl sites for hydroxylation is 1. The summed E-state index contributed by atoms with van der Waals surface area (Å²) in [5.74, 6) is 0.325. The Balaban J connectivity index is 1.18. The zero-order chi connectivity index (χ0) is 23.7. The van der Waals surface area contributed by atoms with E-state index in [-0.39, 0.29) is 0 Å². The lowest BCUT2D eigenvalue weighted by Crippen LogP contribution is -2.48. The van der Waals surface area contributed by atoms with Crippen molar-refractivity contribution in [3.05, 3.63) is 82.6 Å². The Kier molecular flexibility index (Phi) is 6.58. The first-order valence-corrected chi connectivity index (χ1v) is 13.1. The predicted molar refractivity (Wildman–Crippen MR) is 139 cm³/mol. The van der Waals surface area contributed by atoms with E-state index in [9.17, 15) is 4.79 Å². The average Bonchev–Trinajstić information content (AvgIpc) is 3.52. The SMILES string of the molecule is CCC1=CC(c2cccc(CC)c2)=[N+]2C(CCC(=O)N3CCN(C4=C(C)CC=CC=C4)CC3)C12. The number of hydrogen-bond donors (Lipinski definition) is 0. The van der Waals surface area contributed by atoms with Gasteiger partial charge in [0, 0.05) is 61.9 Å². The van der Waals surface area contributed by atoms with Crippen LogP contribution in [0.5, 0.6) is 0 Å². The van der Waals surface area contributed by atoms with Crippen LogP contribution in [0.15, 0.2) is 71.5 Å². The Morgan fingerprint density at radius 3 is 2.68 bits per heavy atom. The van der Waals surface area contributed by atoms with Gasteiger partial charge in [0.1, 0.15) is 0 Å². The molecule has 0 radical (unpaired) electrons. The van der Waals surface area contributed by atoms with Gasteiger partial charge in [0.05, 0.1) is 0 Å². The van der Waals surface area contributed by atoms with E-state index < -0.39 is 0 Å². The second-order valence-corrected chi connectivity index (χ2v) is 9.99. The molecule has 2 saturated heterocycles. The summed E-state index contributed by atoms with van der Waals surface area (Å²) < 4.78 is 2.56. The molecule has 4 heteroatoms. The second-order valence-electron chi connectivity index (χ2n) is 9.99. The molecule has 1 aliphatic carbocycles. The van der Waals surface area contributed by atoms with E-state index in [1.54, 1.807) is 0 Å². The maximum atomic E-state index is 13.1. The van der Waals surface area contributed by atoms with E-state index >= 15 is 0 Å². The van der Waals surface area contributed by atoms with Crippen molar-refractivity contribution in [3.63, 3.8) is 0 Å². The highest BCUT2D eigenvalue weighted by Crippen LogP contribution is 2.40. The Bertz CT molecular complexity index is 1110. The van der Waals surface area contributed by atoms with Gasteiger partial charge in [-0.15, -0.1) is 0 Å². The molecule has 2 unspecified atom stereocenters. The first-order chi connectivity index (χ1) is 16.6. The van der Waals surface area contributed by atoms with Crippen LogP contribution in [0.2, 0.25) is 0 Å². The number of carbonyl (C=O) groups excluding carboxylic acids is 1. The molecular formula is C30H38N3O+. The van der Waals surface area contributed by atoms with E-state index in [2.05, 4.69) is 89.8 Å². The van der Waals surface area contributed by atoms with Crippen molar-refractivity contribution >= 4 is 11.6 Å². The largest absolute Gasteiger partial charge is 0.368 e. The third-order valence-corrected chi connectivity index (χ3v) is 7.94. The molecule has 0 N–H and O–H groups in total. The summed E-state index contributed by atoms with van der Waals surface area (Å²) in [7, 11) is 0. The zero-order valence-corrected chi connectivity index (χ0v) is 21.0. The quantitative estimate of drug-likeness (QED) is 0.432. The van der Waals surface area contributed by atoms with Gasteiger partial charge in [0.15, 0.2) is 0 Å². The fourth-order valence-electron chi connectivity index (χ4n) is 5.88. The van der Waals surface area contributed by atoms with Gasteiger partial charge in [-0.2, -0.15) is 0 Å². The maximum Gasteiger partial charge on any atom is 0.236 e. The van der Waals surface area contributed by atoms with Crippen LogP contribution in [-0.2, 0) is 11.2 Å². The monoisotopic (exact) mass is 456 g/mol. The van der Waals surface area contributed by atoms with Crippen LogP contribution in [0.25, 0.3) is 0 Å². The fraction of sp³-hybridized carbons (Fsp3) is 0.467. The van der Waals surface area contributed by atoms with Crippen LogP contribution < -0.4 is 0 Å². The van der Waals surface area contributed by atoms with Gasteiger partial charge in [-0.1, -0.05) is 44.2 Å². The van der Waals surface area contributed by atoms with Gasteiger partial charge in [0.25, 0.3) is 0 Å². The molecule has 2 atom stereocenters. The topological polar surface area (TPSA) is 26.6 Å². The van der Waals surface area contributed by atoms with Gasteiger partial charge < -0.3 is 9.80 Å². The lowest BCUT2D eigenvalue weighted by atomic mass is 10.00. The smallest absolute Gasteiger partial charge is 0.236 e. The highest BCUT2D eigenvalue weighted by Gasteiger charge is 2.61. The molecule has 178 valence electrons. The minimum atomic E-state index is 0.325. The van der Waals surface area contributed by atoms with Crippen LogP contribution >= 0.6 is 0 Å². The minimum absolute atomic E-state index is 0.325. The number of nitrogens with zero attached hydrogens (tertiary/aromatic N) is 3. The van der Waals surface area contributed by atoms with E-state index in [1.807, 2.05) is 0 Å². The van der Waals surface area contributed by atoms with Crippen molar-refractivity contribution in [2.24, 2.45) is 0 Å². The average molecular weight is 457 g/mol. The predicted octanol–water partition coefficient (Wildman–Crippen LogP) is 4.87. The van der Waals surface area contributed by atoms with Gasteiger partial charge in [-0.3, -0.25) is 4.79 Å². The number of piperazine rings is 1. The number of allylic oxidation sites excluding steroid dienone is 6. The van der Waals surface area contributed by atoms with Gasteiger partial charge in [0.2, 0.25) is 23.7 Å². The second kappa shape index (κ2) is 9.77. The molecule has 3 aliphatic heterocycles. The Labute approximate surface area is 204 Å². The van der Waals surface area contributed by atoms with Crippen LogP contribution in [0.4, 0.5) is 0 Å². The Morgan fingerprint density at radius 2 is 1.91 bits per heavy atom. The molecule has 1 aromatic rings. The molecule has 34 heavy (non-hydrogen) atoms. The van der Waals surface area contributed by atoms with Crippen LogP contribution in [-0.4, -0.2) is 64.3 Å². The summed E-state index contributed by atoms with van der Waals surface area (Å²) in [5, 5.41) is 0. The number of amides is 1. The van der Waals surface area contributed by atoms with E-state index in [0.29, 0.717) is 24.4 Å². The molecule has 0 saturated carbocycles. The molecule has 1 amide bonds. The minimum Gasteiger partial charge on any atom is -0.368 e. The van der Waals surface area contributed by atoms with Gasteiger partial charge in [-0.25, -0.2) is 4.58 Å². The number of carbonyl (C=O) groups is 1. The highest BCUT2D eigenvalue weighted by molar-refractivity contribution is 6.07. The summed E-state index contributed by atoms with van der Waals surface area (Å²) in [6.45, 7) is 10.2. The summed E-state index contributed by atoms with van der Waals surface area (Å²) in [6.07, 6.45) is 15.9. The van der Waals surface area contributed by atoms with E-state index in [1.165, 1.54) is 33.7 Å². The molecular weight excluding hydrogens is 418 g/mol. The first-order valence-electron chi connectivity index (χ1n) is 13.1. The maximum absolute atomic E-state index is 13.1. The summed E-state index contributed by atoms with van der Waals surface area (Å²) >= 11 is 0. The molecule has 4 nitrogen and oxygen atoms in total. The van der Waals surface area contributed by atoms with Crippen molar-refractivity contribution < 1.29 is 9.37 Å². The standard InChI is InChI=1S/C30H38N3O/c1-4-23-11-9-12-25(20-23)28-21-24(5-2)30-27(33(28)30)14-15-29(34)32-18-16-31(17-19-32)26-13-8-6-7-10-22(26)3/h6-9,11-13,20-21,27,30H,4-5,10,14-19H2,1-3H3/q+1. The Hall–Kier alpha value is -2.88. The molecule has 1 aromatic carbocycles.